The highest BCUT2D eigenvalue weighted by Crippen LogP contribution is 2.26. The summed E-state index contributed by atoms with van der Waals surface area (Å²) in [5, 5.41) is 3.06. The van der Waals surface area contributed by atoms with Gasteiger partial charge in [-0.3, -0.25) is 9.59 Å². The highest BCUT2D eigenvalue weighted by molar-refractivity contribution is 5.97. The van der Waals surface area contributed by atoms with E-state index >= 15 is 0 Å². The highest BCUT2D eigenvalue weighted by atomic mass is 35.5. The summed E-state index contributed by atoms with van der Waals surface area (Å²) in [7, 11) is 0. The fraction of sp³-hybridized carbons (Fsp3) is 0.259. The van der Waals surface area contributed by atoms with Crippen LogP contribution in [0.1, 0.15) is 41.9 Å². The van der Waals surface area contributed by atoms with Crippen molar-refractivity contribution in [2.75, 3.05) is 16.8 Å². The van der Waals surface area contributed by atoms with Gasteiger partial charge in [0.2, 0.25) is 11.8 Å². The fourth-order valence-electron chi connectivity index (χ4n) is 4.20. The van der Waals surface area contributed by atoms with Crippen LogP contribution in [0.15, 0.2) is 78.9 Å². The molecule has 6 heteroatoms. The number of benzene rings is 3. The van der Waals surface area contributed by atoms with E-state index in [1.165, 1.54) is 0 Å². The maximum Gasteiger partial charge on any atom is 0.232 e. The first-order valence-electron chi connectivity index (χ1n) is 11.2. The zero-order chi connectivity index (χ0) is 22.3. The minimum atomic E-state index is -0.326. The number of hydrogen-bond acceptors (Lipinski definition) is 3. The van der Waals surface area contributed by atoms with Crippen LogP contribution in [0.2, 0.25) is 0 Å². The van der Waals surface area contributed by atoms with E-state index in [9.17, 15) is 9.59 Å². The number of piperidine rings is 1. The van der Waals surface area contributed by atoms with Crippen LogP contribution in [-0.4, -0.2) is 18.4 Å². The first-order valence-corrected chi connectivity index (χ1v) is 11.2. The number of anilines is 2. The van der Waals surface area contributed by atoms with Crippen LogP contribution in [0, 0.1) is 0 Å². The third kappa shape index (κ3) is 6.21. The van der Waals surface area contributed by atoms with Crippen molar-refractivity contribution in [3.8, 4) is 0 Å². The minimum absolute atomic E-state index is 0. The summed E-state index contributed by atoms with van der Waals surface area (Å²) >= 11 is 0. The lowest BCUT2D eigenvalue weighted by molar-refractivity contribution is -0.119. The second kappa shape index (κ2) is 11.6. The van der Waals surface area contributed by atoms with Crippen molar-refractivity contribution in [2.24, 2.45) is 5.73 Å². The molecule has 1 fully saturated rings. The molecule has 0 spiro atoms. The number of rotatable bonds is 7. The Hall–Kier alpha value is -3.15. The average molecular weight is 464 g/mol. The summed E-state index contributed by atoms with van der Waals surface area (Å²) in [5.41, 5.74) is 10.5. The molecule has 1 unspecified atom stereocenters. The van der Waals surface area contributed by atoms with Crippen molar-refractivity contribution in [3.63, 3.8) is 0 Å². The van der Waals surface area contributed by atoms with E-state index in [2.05, 4.69) is 11.4 Å². The number of amides is 2. The van der Waals surface area contributed by atoms with E-state index in [1.54, 1.807) is 0 Å². The standard InChI is InChI=1S/C27H29N3O2.ClH/c28-19-21-8-6-7-20(17-21)18-25(22-9-2-1-3-10-22)27(32)29-23-12-14-24(15-13-23)30-16-5-4-11-26(30)31;/h1-3,6-10,12-15,17,25H,4-5,11,16,18-19,28H2,(H,29,32);1H. The monoisotopic (exact) mass is 463 g/mol. The SMILES string of the molecule is Cl.NCc1cccc(CC(C(=O)Nc2ccc(N3CCCCC3=O)cc2)c2ccccc2)c1. The number of halogens is 1. The Morgan fingerprint density at radius 2 is 1.67 bits per heavy atom. The van der Waals surface area contributed by atoms with Crippen molar-refractivity contribution >= 4 is 35.6 Å². The van der Waals surface area contributed by atoms with Gasteiger partial charge in [-0.25, -0.2) is 0 Å². The van der Waals surface area contributed by atoms with Crippen molar-refractivity contribution < 1.29 is 9.59 Å². The van der Waals surface area contributed by atoms with Crippen LogP contribution in [0.4, 0.5) is 11.4 Å². The first-order chi connectivity index (χ1) is 15.6. The molecule has 1 aliphatic rings. The molecule has 0 saturated carbocycles. The molecule has 2 amide bonds. The Balaban J connectivity index is 0.00000306. The molecule has 1 saturated heterocycles. The Labute approximate surface area is 201 Å². The quantitative estimate of drug-likeness (QED) is 0.514. The third-order valence-electron chi connectivity index (χ3n) is 5.96. The summed E-state index contributed by atoms with van der Waals surface area (Å²) in [6.07, 6.45) is 3.17. The summed E-state index contributed by atoms with van der Waals surface area (Å²) in [6.45, 7) is 1.23. The summed E-state index contributed by atoms with van der Waals surface area (Å²) in [4.78, 5) is 27.3. The second-order valence-electron chi connectivity index (χ2n) is 8.23. The molecule has 1 aliphatic heterocycles. The van der Waals surface area contributed by atoms with Gasteiger partial charge >= 0.3 is 0 Å². The number of nitrogens with one attached hydrogen (secondary N) is 1. The van der Waals surface area contributed by atoms with Gasteiger partial charge in [-0.2, -0.15) is 0 Å². The van der Waals surface area contributed by atoms with Gasteiger partial charge < -0.3 is 16.0 Å². The molecular weight excluding hydrogens is 434 g/mol. The normalized spacial score (nSPS) is 14.3. The number of nitrogens with two attached hydrogens (primary N) is 1. The van der Waals surface area contributed by atoms with Crippen molar-refractivity contribution in [1.29, 1.82) is 0 Å². The molecule has 3 aromatic rings. The topological polar surface area (TPSA) is 75.4 Å². The molecule has 3 N–H and O–H groups in total. The van der Waals surface area contributed by atoms with Crippen LogP contribution >= 0.6 is 12.4 Å². The second-order valence-corrected chi connectivity index (χ2v) is 8.23. The lowest BCUT2D eigenvalue weighted by atomic mass is 9.90. The maximum atomic E-state index is 13.3. The van der Waals surface area contributed by atoms with E-state index in [0.29, 0.717) is 19.4 Å². The third-order valence-corrected chi connectivity index (χ3v) is 5.96. The number of carbonyl (C=O) groups is 2. The van der Waals surface area contributed by atoms with E-state index in [4.69, 9.17) is 5.73 Å². The van der Waals surface area contributed by atoms with Crippen LogP contribution < -0.4 is 16.0 Å². The van der Waals surface area contributed by atoms with Crippen LogP contribution in [0.5, 0.6) is 0 Å². The lowest BCUT2D eigenvalue weighted by Gasteiger charge is -2.27. The van der Waals surface area contributed by atoms with Gasteiger partial charge in [0.25, 0.3) is 0 Å². The molecule has 0 aromatic heterocycles. The molecule has 172 valence electrons. The largest absolute Gasteiger partial charge is 0.326 e. The van der Waals surface area contributed by atoms with Crippen LogP contribution in [0.25, 0.3) is 0 Å². The Kier molecular flexibility index (Phi) is 8.64. The van der Waals surface area contributed by atoms with Gasteiger partial charge in [0.05, 0.1) is 5.92 Å². The van der Waals surface area contributed by atoms with Gasteiger partial charge in [0, 0.05) is 30.9 Å². The fourth-order valence-corrected chi connectivity index (χ4v) is 4.20. The van der Waals surface area contributed by atoms with Crippen LogP contribution in [-0.2, 0) is 22.6 Å². The van der Waals surface area contributed by atoms with Gasteiger partial charge in [0.1, 0.15) is 0 Å². The van der Waals surface area contributed by atoms with Crippen molar-refractivity contribution in [2.45, 2.75) is 38.1 Å². The predicted molar refractivity (Wildman–Crippen MR) is 136 cm³/mol. The average Bonchev–Trinajstić information content (AvgIpc) is 2.84. The smallest absolute Gasteiger partial charge is 0.232 e. The van der Waals surface area contributed by atoms with Gasteiger partial charge in [0.15, 0.2) is 0 Å². The Bertz CT molecular complexity index is 1070. The molecule has 5 nitrogen and oxygen atoms in total. The predicted octanol–water partition coefficient (Wildman–Crippen LogP) is 5.05. The molecule has 4 rings (SSSR count). The van der Waals surface area contributed by atoms with Crippen molar-refractivity contribution in [1.82, 2.24) is 0 Å². The number of nitrogens with zero attached hydrogens (tertiary/aromatic N) is 1. The number of carbonyl (C=O) groups excluding carboxylic acids is 2. The molecule has 33 heavy (non-hydrogen) atoms. The van der Waals surface area contributed by atoms with E-state index in [-0.39, 0.29) is 30.1 Å². The van der Waals surface area contributed by atoms with Gasteiger partial charge in [-0.05, 0) is 60.2 Å². The number of hydrogen-bond donors (Lipinski definition) is 2. The molecule has 0 radical (unpaired) electrons. The molecule has 1 heterocycles. The zero-order valence-corrected chi connectivity index (χ0v) is 19.4. The van der Waals surface area contributed by atoms with Gasteiger partial charge in [-0.15, -0.1) is 12.4 Å². The molecule has 0 bridgehead atoms. The van der Waals surface area contributed by atoms with Crippen molar-refractivity contribution in [3.05, 3.63) is 95.6 Å². The van der Waals surface area contributed by atoms with Crippen LogP contribution in [0.3, 0.4) is 0 Å². The molecular formula is C27H30ClN3O2. The lowest BCUT2D eigenvalue weighted by Crippen LogP contribution is -2.35. The minimum Gasteiger partial charge on any atom is -0.326 e. The summed E-state index contributed by atoms with van der Waals surface area (Å²) in [5.74, 6) is -0.222. The highest BCUT2D eigenvalue weighted by Gasteiger charge is 2.22. The zero-order valence-electron chi connectivity index (χ0n) is 18.6. The van der Waals surface area contributed by atoms with E-state index in [0.717, 1.165) is 47.5 Å². The van der Waals surface area contributed by atoms with Gasteiger partial charge in [-0.1, -0.05) is 54.6 Å². The summed E-state index contributed by atoms with van der Waals surface area (Å²) < 4.78 is 0. The Morgan fingerprint density at radius 1 is 0.939 bits per heavy atom. The first kappa shape index (κ1) is 24.5. The maximum absolute atomic E-state index is 13.3. The molecule has 1 atom stereocenters. The Morgan fingerprint density at radius 3 is 2.36 bits per heavy atom. The van der Waals surface area contributed by atoms with E-state index in [1.807, 2.05) is 77.7 Å². The van der Waals surface area contributed by atoms with E-state index < -0.39 is 0 Å². The molecule has 3 aromatic carbocycles. The summed E-state index contributed by atoms with van der Waals surface area (Å²) in [6, 6.07) is 25.5. The molecule has 0 aliphatic carbocycles.